The van der Waals surface area contributed by atoms with Gasteiger partial charge in [-0.15, -0.1) is 0 Å². The van der Waals surface area contributed by atoms with Crippen molar-refractivity contribution in [1.82, 2.24) is 15.5 Å². The molecule has 6 nitrogen and oxygen atoms in total. The number of amides is 1. The molecule has 21 heavy (non-hydrogen) atoms. The highest BCUT2D eigenvalue weighted by molar-refractivity contribution is 5.90. The first-order chi connectivity index (χ1) is 10.0. The molecule has 0 aliphatic rings. The molecule has 0 radical (unpaired) electrons. The highest BCUT2D eigenvalue weighted by Crippen LogP contribution is 2.19. The zero-order valence-corrected chi connectivity index (χ0v) is 12.8. The van der Waals surface area contributed by atoms with Gasteiger partial charge in [-0.1, -0.05) is 12.1 Å². The normalized spacial score (nSPS) is 12.0. The van der Waals surface area contributed by atoms with Crippen LogP contribution in [0.2, 0.25) is 0 Å². The van der Waals surface area contributed by atoms with Crippen molar-refractivity contribution in [2.75, 3.05) is 19.0 Å². The largest absolute Gasteiger partial charge is 0.378 e. The van der Waals surface area contributed by atoms with Gasteiger partial charge in [-0.3, -0.25) is 4.79 Å². The van der Waals surface area contributed by atoms with Gasteiger partial charge in [0.1, 0.15) is 0 Å². The fourth-order valence-corrected chi connectivity index (χ4v) is 1.73. The Morgan fingerprint density at radius 2 is 2.00 bits per heavy atom. The first kappa shape index (κ1) is 15.0. The third-order valence-corrected chi connectivity index (χ3v) is 3.25. The number of carbonyl (C=O) groups excluding carboxylic acids is 1. The number of aromatic nitrogens is 2. The van der Waals surface area contributed by atoms with E-state index < -0.39 is 0 Å². The predicted octanol–water partition coefficient (Wildman–Crippen LogP) is 2.33. The molecule has 0 saturated carbocycles. The van der Waals surface area contributed by atoms with E-state index >= 15 is 0 Å². The van der Waals surface area contributed by atoms with Crippen LogP contribution in [0.25, 0.3) is 11.4 Å². The Hall–Kier alpha value is -2.37. The zero-order chi connectivity index (χ0) is 15.4. The van der Waals surface area contributed by atoms with Crippen LogP contribution < -0.4 is 10.2 Å². The molecule has 1 aromatic heterocycles. The van der Waals surface area contributed by atoms with Gasteiger partial charge in [0.15, 0.2) is 0 Å². The van der Waals surface area contributed by atoms with Crippen LogP contribution in [0.5, 0.6) is 0 Å². The van der Waals surface area contributed by atoms with E-state index in [1.807, 2.05) is 57.1 Å². The summed E-state index contributed by atoms with van der Waals surface area (Å²) in [5.41, 5.74) is 1.89. The number of benzene rings is 1. The first-order valence-electron chi connectivity index (χ1n) is 6.93. The molecule has 112 valence electrons. The molecule has 0 unspecified atom stereocenters. The summed E-state index contributed by atoms with van der Waals surface area (Å²) in [7, 11) is 3.95. The van der Waals surface area contributed by atoms with E-state index in [1.165, 1.54) is 0 Å². The molecular formula is C15H20N4O2. The number of nitrogens with zero attached hydrogens (tertiary/aromatic N) is 3. The van der Waals surface area contributed by atoms with Crippen molar-refractivity contribution in [2.45, 2.75) is 26.3 Å². The smallest absolute Gasteiger partial charge is 0.316 e. The monoisotopic (exact) mass is 288 g/mol. The molecule has 1 heterocycles. The molecule has 2 aromatic rings. The molecule has 0 saturated heterocycles. The summed E-state index contributed by atoms with van der Waals surface area (Å²) in [5, 5.41) is 6.65. The lowest BCUT2D eigenvalue weighted by molar-refractivity contribution is 0.0895. The molecule has 0 aliphatic heterocycles. The molecule has 0 aliphatic carbocycles. The zero-order valence-electron chi connectivity index (χ0n) is 12.8. The van der Waals surface area contributed by atoms with Crippen LogP contribution in [0.4, 0.5) is 5.69 Å². The van der Waals surface area contributed by atoms with E-state index in [0.29, 0.717) is 5.82 Å². The Kier molecular flexibility index (Phi) is 4.57. The van der Waals surface area contributed by atoms with Crippen LogP contribution in [0.15, 0.2) is 28.8 Å². The van der Waals surface area contributed by atoms with E-state index in [0.717, 1.165) is 17.7 Å². The fraction of sp³-hybridized carbons (Fsp3) is 0.400. The summed E-state index contributed by atoms with van der Waals surface area (Å²) >= 11 is 0. The number of carbonyl (C=O) groups is 1. The molecule has 1 atom stereocenters. The van der Waals surface area contributed by atoms with E-state index in [-0.39, 0.29) is 17.8 Å². The third-order valence-electron chi connectivity index (χ3n) is 3.25. The summed E-state index contributed by atoms with van der Waals surface area (Å²) in [6.45, 7) is 3.92. The molecule has 0 bridgehead atoms. The molecule has 1 amide bonds. The lowest BCUT2D eigenvalue weighted by Crippen LogP contribution is -2.32. The summed E-state index contributed by atoms with van der Waals surface area (Å²) in [5.74, 6) is 0.0598. The van der Waals surface area contributed by atoms with Gasteiger partial charge in [-0.25, -0.2) is 0 Å². The van der Waals surface area contributed by atoms with Crippen molar-refractivity contribution in [2.24, 2.45) is 0 Å². The molecule has 1 N–H and O–H groups in total. The van der Waals surface area contributed by atoms with E-state index in [2.05, 4.69) is 15.5 Å². The summed E-state index contributed by atoms with van der Waals surface area (Å²) < 4.78 is 5.02. The maximum atomic E-state index is 11.9. The molecule has 1 aromatic carbocycles. The van der Waals surface area contributed by atoms with Crippen molar-refractivity contribution in [3.8, 4) is 11.4 Å². The van der Waals surface area contributed by atoms with Gasteiger partial charge in [0.05, 0.1) is 0 Å². The van der Waals surface area contributed by atoms with Crippen molar-refractivity contribution in [3.63, 3.8) is 0 Å². The van der Waals surface area contributed by atoms with Crippen molar-refractivity contribution in [3.05, 3.63) is 30.2 Å². The van der Waals surface area contributed by atoms with Crippen molar-refractivity contribution in [1.29, 1.82) is 0 Å². The van der Waals surface area contributed by atoms with E-state index in [4.69, 9.17) is 4.52 Å². The summed E-state index contributed by atoms with van der Waals surface area (Å²) in [6.07, 6.45) is 0.846. The number of nitrogens with one attached hydrogen (secondary N) is 1. The van der Waals surface area contributed by atoms with Gasteiger partial charge in [-0.05, 0) is 37.6 Å². The molecule has 0 spiro atoms. The lowest BCUT2D eigenvalue weighted by atomic mass is 10.2. The van der Waals surface area contributed by atoms with Gasteiger partial charge < -0.3 is 14.7 Å². The van der Waals surface area contributed by atoms with Crippen LogP contribution in [0, 0.1) is 0 Å². The Labute approximate surface area is 124 Å². The topological polar surface area (TPSA) is 71.3 Å². The number of rotatable bonds is 5. The van der Waals surface area contributed by atoms with Crippen LogP contribution in [0.1, 0.15) is 31.0 Å². The quantitative estimate of drug-likeness (QED) is 0.914. The average Bonchev–Trinajstić information content (AvgIpc) is 2.97. The Morgan fingerprint density at radius 1 is 1.33 bits per heavy atom. The second-order valence-corrected chi connectivity index (χ2v) is 5.15. The van der Waals surface area contributed by atoms with Crippen LogP contribution in [-0.4, -0.2) is 36.2 Å². The number of hydrogen-bond acceptors (Lipinski definition) is 5. The molecule has 6 heteroatoms. The minimum Gasteiger partial charge on any atom is -0.378 e. The summed E-state index contributed by atoms with van der Waals surface area (Å²) in [6, 6.07) is 7.80. The average molecular weight is 288 g/mol. The Balaban J connectivity index is 2.14. The molecular weight excluding hydrogens is 268 g/mol. The highest BCUT2D eigenvalue weighted by Gasteiger charge is 2.17. The third kappa shape index (κ3) is 3.59. The SMILES string of the molecule is CC[C@@H](C)NC(=O)c1nc(-c2ccc(N(C)C)cc2)no1. The van der Waals surface area contributed by atoms with E-state index in [1.54, 1.807) is 0 Å². The lowest BCUT2D eigenvalue weighted by Gasteiger charge is -2.11. The van der Waals surface area contributed by atoms with Crippen LogP contribution in [-0.2, 0) is 0 Å². The van der Waals surface area contributed by atoms with Gasteiger partial charge in [0.25, 0.3) is 0 Å². The van der Waals surface area contributed by atoms with Gasteiger partial charge in [0.2, 0.25) is 5.82 Å². The van der Waals surface area contributed by atoms with Crippen LogP contribution in [0.3, 0.4) is 0 Å². The highest BCUT2D eigenvalue weighted by atomic mass is 16.5. The minimum absolute atomic E-state index is 0.0120. The van der Waals surface area contributed by atoms with Gasteiger partial charge in [0, 0.05) is 31.4 Å². The van der Waals surface area contributed by atoms with Crippen LogP contribution >= 0.6 is 0 Å². The molecule has 2 rings (SSSR count). The van der Waals surface area contributed by atoms with Gasteiger partial charge >= 0.3 is 11.8 Å². The molecule has 0 fully saturated rings. The second-order valence-electron chi connectivity index (χ2n) is 5.15. The first-order valence-corrected chi connectivity index (χ1v) is 6.93. The summed E-state index contributed by atoms with van der Waals surface area (Å²) in [4.78, 5) is 18.0. The number of hydrogen-bond donors (Lipinski definition) is 1. The van der Waals surface area contributed by atoms with Crippen molar-refractivity contribution >= 4 is 11.6 Å². The standard InChI is InChI=1S/C15H20N4O2/c1-5-10(2)16-14(20)15-17-13(18-21-15)11-6-8-12(9-7-11)19(3)4/h6-10H,5H2,1-4H3,(H,16,20)/t10-/m1/s1. The van der Waals surface area contributed by atoms with Gasteiger partial charge in [-0.2, -0.15) is 4.98 Å². The predicted molar refractivity (Wildman–Crippen MR) is 81.3 cm³/mol. The van der Waals surface area contributed by atoms with E-state index in [9.17, 15) is 4.79 Å². The minimum atomic E-state index is -0.340. The maximum absolute atomic E-state index is 11.9. The Bertz CT molecular complexity index is 604. The van der Waals surface area contributed by atoms with Crippen molar-refractivity contribution < 1.29 is 9.32 Å². The number of anilines is 1. The maximum Gasteiger partial charge on any atom is 0.316 e. The second kappa shape index (κ2) is 6.39. The Morgan fingerprint density at radius 3 is 2.57 bits per heavy atom. The fourth-order valence-electron chi connectivity index (χ4n) is 1.73.